The molecule has 1 saturated heterocycles. The van der Waals surface area contributed by atoms with E-state index in [1.807, 2.05) is 37.0 Å². The van der Waals surface area contributed by atoms with Crippen molar-refractivity contribution in [3.8, 4) is 0 Å². The topological polar surface area (TPSA) is 69.2 Å². The zero-order valence-electron chi connectivity index (χ0n) is 13.4. The first-order valence-corrected chi connectivity index (χ1v) is 7.58. The Balaban J connectivity index is 1.72. The Morgan fingerprint density at radius 1 is 1.36 bits per heavy atom. The van der Waals surface area contributed by atoms with E-state index in [1.165, 1.54) is 11.3 Å². The molecule has 0 aliphatic carbocycles. The molecule has 0 amide bonds. The monoisotopic (exact) mass is 301 g/mol. The van der Waals surface area contributed by atoms with Crippen LogP contribution in [-0.4, -0.2) is 39.4 Å². The van der Waals surface area contributed by atoms with Gasteiger partial charge in [-0.05, 0) is 26.0 Å². The summed E-state index contributed by atoms with van der Waals surface area (Å²) in [6.07, 6.45) is 1.93. The van der Waals surface area contributed by atoms with Gasteiger partial charge in [0.05, 0.1) is 18.5 Å². The third kappa shape index (κ3) is 3.13. The third-order valence-electron chi connectivity index (χ3n) is 4.21. The van der Waals surface area contributed by atoms with E-state index in [0.29, 0.717) is 6.61 Å². The van der Waals surface area contributed by atoms with Crippen LogP contribution < -0.4 is 5.73 Å². The van der Waals surface area contributed by atoms with Gasteiger partial charge in [0.2, 0.25) is 0 Å². The number of aromatic nitrogens is 3. The standard InChI is InChI=1S/C16H23N5O/c1-11-6-14(17)7-15(19-11)16-10-21(4-5-22-16)9-13-8-18-20(3)12(13)2/h6-8,16H,4-5,9-10H2,1-3H3,(H2,17,19). The molecular weight excluding hydrogens is 278 g/mol. The van der Waals surface area contributed by atoms with Crippen molar-refractivity contribution >= 4 is 5.69 Å². The minimum absolute atomic E-state index is 0.0204. The molecule has 6 heteroatoms. The van der Waals surface area contributed by atoms with Gasteiger partial charge < -0.3 is 10.5 Å². The zero-order valence-corrected chi connectivity index (χ0v) is 13.4. The predicted molar refractivity (Wildman–Crippen MR) is 85.3 cm³/mol. The quantitative estimate of drug-likeness (QED) is 0.932. The molecule has 1 aliphatic heterocycles. The van der Waals surface area contributed by atoms with Crippen molar-refractivity contribution in [3.05, 3.63) is 41.0 Å². The maximum atomic E-state index is 5.93. The number of hydrogen-bond donors (Lipinski definition) is 1. The molecule has 22 heavy (non-hydrogen) atoms. The minimum Gasteiger partial charge on any atom is -0.399 e. The molecule has 2 aromatic heterocycles. The second-order valence-electron chi connectivity index (χ2n) is 5.94. The largest absolute Gasteiger partial charge is 0.399 e. The summed E-state index contributed by atoms with van der Waals surface area (Å²) in [5.74, 6) is 0. The minimum atomic E-state index is -0.0204. The van der Waals surface area contributed by atoms with Gasteiger partial charge in [0.1, 0.15) is 6.10 Å². The van der Waals surface area contributed by atoms with Crippen LogP contribution in [0.3, 0.4) is 0 Å². The van der Waals surface area contributed by atoms with Gasteiger partial charge in [-0.2, -0.15) is 5.10 Å². The Kier molecular flexibility index (Phi) is 4.13. The molecule has 3 rings (SSSR count). The van der Waals surface area contributed by atoms with E-state index < -0.39 is 0 Å². The maximum absolute atomic E-state index is 5.93. The van der Waals surface area contributed by atoms with Crippen molar-refractivity contribution < 1.29 is 4.74 Å². The van der Waals surface area contributed by atoms with Gasteiger partial charge in [-0.25, -0.2) is 0 Å². The lowest BCUT2D eigenvalue weighted by atomic mass is 10.1. The molecule has 1 aliphatic rings. The first-order valence-electron chi connectivity index (χ1n) is 7.58. The first kappa shape index (κ1) is 15.0. The molecule has 2 aromatic rings. The number of morpholine rings is 1. The molecule has 118 valence electrons. The molecule has 6 nitrogen and oxygen atoms in total. The summed E-state index contributed by atoms with van der Waals surface area (Å²) in [6.45, 7) is 7.40. The fraction of sp³-hybridized carbons (Fsp3) is 0.500. The number of rotatable bonds is 3. The van der Waals surface area contributed by atoms with Crippen molar-refractivity contribution in [3.63, 3.8) is 0 Å². The lowest BCUT2D eigenvalue weighted by molar-refractivity contribution is -0.0350. The molecular formula is C16H23N5O. The number of anilines is 1. The molecule has 0 aromatic carbocycles. The van der Waals surface area contributed by atoms with Crippen molar-refractivity contribution in [2.24, 2.45) is 7.05 Å². The van der Waals surface area contributed by atoms with Gasteiger partial charge >= 0.3 is 0 Å². The molecule has 2 N–H and O–H groups in total. The number of ether oxygens (including phenoxy) is 1. The van der Waals surface area contributed by atoms with Gasteiger partial charge in [0.25, 0.3) is 0 Å². The predicted octanol–water partition coefficient (Wildman–Crippen LogP) is 1.59. The van der Waals surface area contributed by atoms with Crippen LogP contribution in [0.15, 0.2) is 18.3 Å². The van der Waals surface area contributed by atoms with Gasteiger partial charge in [0.15, 0.2) is 0 Å². The van der Waals surface area contributed by atoms with Crippen LogP contribution in [0.4, 0.5) is 5.69 Å². The van der Waals surface area contributed by atoms with Crippen LogP contribution in [0, 0.1) is 13.8 Å². The van der Waals surface area contributed by atoms with E-state index in [1.54, 1.807) is 0 Å². The number of hydrogen-bond acceptors (Lipinski definition) is 5. The molecule has 0 bridgehead atoms. The van der Waals surface area contributed by atoms with Crippen LogP contribution in [0.25, 0.3) is 0 Å². The van der Waals surface area contributed by atoms with E-state index in [2.05, 4.69) is 21.9 Å². The lowest BCUT2D eigenvalue weighted by Gasteiger charge is -2.32. The Bertz CT molecular complexity index is 646. The molecule has 3 heterocycles. The van der Waals surface area contributed by atoms with Gasteiger partial charge in [-0.1, -0.05) is 0 Å². The van der Waals surface area contributed by atoms with Crippen LogP contribution in [0.2, 0.25) is 0 Å². The second-order valence-corrected chi connectivity index (χ2v) is 5.94. The Labute approximate surface area is 130 Å². The van der Waals surface area contributed by atoms with Crippen molar-refractivity contribution in [1.82, 2.24) is 19.7 Å². The SMILES string of the molecule is Cc1cc(N)cc(C2CN(Cc3cnn(C)c3C)CCO2)n1. The highest BCUT2D eigenvalue weighted by atomic mass is 16.5. The Morgan fingerprint density at radius 2 is 2.18 bits per heavy atom. The van der Waals surface area contributed by atoms with E-state index in [-0.39, 0.29) is 6.10 Å². The summed E-state index contributed by atoms with van der Waals surface area (Å²) in [7, 11) is 1.97. The second kappa shape index (κ2) is 6.06. The number of nitrogens with zero attached hydrogens (tertiary/aromatic N) is 4. The number of aryl methyl sites for hydroxylation is 2. The number of pyridine rings is 1. The Morgan fingerprint density at radius 3 is 2.86 bits per heavy atom. The molecule has 1 atom stereocenters. The summed E-state index contributed by atoms with van der Waals surface area (Å²) in [5.41, 5.74) is 11.0. The molecule has 0 radical (unpaired) electrons. The maximum Gasteiger partial charge on any atom is 0.112 e. The van der Waals surface area contributed by atoms with E-state index in [4.69, 9.17) is 10.5 Å². The van der Waals surface area contributed by atoms with Gasteiger partial charge in [-0.15, -0.1) is 0 Å². The fourth-order valence-electron chi connectivity index (χ4n) is 2.85. The van der Waals surface area contributed by atoms with Crippen molar-refractivity contribution in [2.45, 2.75) is 26.5 Å². The lowest BCUT2D eigenvalue weighted by Crippen LogP contribution is -2.38. The van der Waals surface area contributed by atoms with Crippen molar-refractivity contribution in [2.75, 3.05) is 25.4 Å². The number of nitrogen functional groups attached to an aromatic ring is 1. The highest BCUT2D eigenvalue weighted by Gasteiger charge is 2.24. The van der Waals surface area contributed by atoms with Gasteiger partial charge in [-0.3, -0.25) is 14.6 Å². The summed E-state index contributed by atoms with van der Waals surface area (Å²) >= 11 is 0. The zero-order chi connectivity index (χ0) is 15.7. The van der Waals surface area contributed by atoms with Crippen LogP contribution >= 0.6 is 0 Å². The van der Waals surface area contributed by atoms with Crippen LogP contribution in [0.1, 0.15) is 28.7 Å². The highest BCUT2D eigenvalue weighted by molar-refractivity contribution is 5.40. The molecule has 1 fully saturated rings. The van der Waals surface area contributed by atoms with E-state index in [0.717, 1.165) is 36.7 Å². The summed E-state index contributed by atoms with van der Waals surface area (Å²) in [5, 5.41) is 4.31. The van der Waals surface area contributed by atoms with Gasteiger partial charge in [0, 0.05) is 49.3 Å². The normalized spacial score (nSPS) is 19.5. The Hall–Kier alpha value is -1.92. The molecule has 1 unspecified atom stereocenters. The third-order valence-corrected chi connectivity index (χ3v) is 4.21. The fourth-order valence-corrected chi connectivity index (χ4v) is 2.85. The van der Waals surface area contributed by atoms with Crippen LogP contribution in [0.5, 0.6) is 0 Å². The highest BCUT2D eigenvalue weighted by Crippen LogP contribution is 2.24. The van der Waals surface area contributed by atoms with E-state index in [9.17, 15) is 0 Å². The van der Waals surface area contributed by atoms with Crippen LogP contribution in [-0.2, 0) is 18.3 Å². The summed E-state index contributed by atoms with van der Waals surface area (Å²) < 4.78 is 7.81. The summed E-state index contributed by atoms with van der Waals surface area (Å²) in [6, 6.07) is 3.79. The molecule has 0 saturated carbocycles. The number of nitrogens with two attached hydrogens (primary N) is 1. The van der Waals surface area contributed by atoms with Crippen molar-refractivity contribution in [1.29, 1.82) is 0 Å². The first-order chi connectivity index (χ1) is 10.5. The molecule has 0 spiro atoms. The summed E-state index contributed by atoms with van der Waals surface area (Å²) in [4.78, 5) is 6.96. The van der Waals surface area contributed by atoms with E-state index >= 15 is 0 Å². The average Bonchev–Trinajstić information content (AvgIpc) is 2.79. The average molecular weight is 301 g/mol. The smallest absolute Gasteiger partial charge is 0.112 e.